The molecule has 6 heteroatoms. The summed E-state index contributed by atoms with van der Waals surface area (Å²) in [5.74, 6) is 0.0919. The molecule has 0 atom stereocenters. The number of rotatable bonds is 4. The largest absolute Gasteiger partial charge is 0.495 e. The van der Waals surface area contributed by atoms with Crippen LogP contribution in [-0.2, 0) is 11.8 Å². The highest BCUT2D eigenvalue weighted by atomic mass is 16.5. The predicted molar refractivity (Wildman–Crippen MR) is 98.2 cm³/mol. The molecule has 0 aliphatic rings. The molecule has 0 fully saturated rings. The van der Waals surface area contributed by atoms with Crippen molar-refractivity contribution >= 4 is 34.1 Å². The van der Waals surface area contributed by atoms with E-state index in [9.17, 15) is 9.59 Å². The van der Waals surface area contributed by atoms with Gasteiger partial charge >= 0.3 is 0 Å². The van der Waals surface area contributed by atoms with Crippen LogP contribution < -0.4 is 15.4 Å². The van der Waals surface area contributed by atoms with E-state index in [1.54, 1.807) is 24.3 Å². The Morgan fingerprint density at radius 1 is 1.08 bits per heavy atom. The van der Waals surface area contributed by atoms with Gasteiger partial charge in [-0.1, -0.05) is 6.07 Å². The van der Waals surface area contributed by atoms with Gasteiger partial charge in [-0.05, 0) is 36.4 Å². The fourth-order valence-corrected chi connectivity index (χ4v) is 2.78. The molecule has 128 valence electrons. The summed E-state index contributed by atoms with van der Waals surface area (Å²) >= 11 is 0. The molecule has 0 aliphatic carbocycles. The van der Waals surface area contributed by atoms with Crippen LogP contribution >= 0.6 is 0 Å². The normalized spacial score (nSPS) is 10.5. The molecule has 0 spiro atoms. The number of ether oxygens (including phenoxy) is 1. The second-order valence-corrected chi connectivity index (χ2v) is 5.72. The van der Waals surface area contributed by atoms with Crippen molar-refractivity contribution in [2.24, 2.45) is 7.05 Å². The van der Waals surface area contributed by atoms with Crippen LogP contribution in [0.5, 0.6) is 5.75 Å². The van der Waals surface area contributed by atoms with Gasteiger partial charge < -0.3 is 19.9 Å². The van der Waals surface area contributed by atoms with Crippen molar-refractivity contribution in [3.05, 3.63) is 54.2 Å². The van der Waals surface area contributed by atoms with Crippen LogP contribution in [0.2, 0.25) is 0 Å². The Kier molecular flexibility index (Phi) is 4.43. The third kappa shape index (κ3) is 3.33. The second-order valence-electron chi connectivity index (χ2n) is 5.72. The minimum Gasteiger partial charge on any atom is -0.495 e. The highest BCUT2D eigenvalue weighted by Gasteiger charge is 2.14. The van der Waals surface area contributed by atoms with Gasteiger partial charge in [0, 0.05) is 42.3 Å². The molecule has 0 radical (unpaired) electrons. The topological polar surface area (TPSA) is 72.4 Å². The Balaban J connectivity index is 1.95. The molecule has 0 unspecified atom stereocenters. The second kappa shape index (κ2) is 6.68. The average molecular weight is 337 g/mol. The first-order chi connectivity index (χ1) is 12.0. The standard InChI is InChI=1S/C19H19N3O3/c1-12(23)20-13-7-8-18(25-3)16(11-13)21-19(24)15-5-4-6-17-14(15)9-10-22(17)2/h4-11H,1-3H3,(H,20,23)(H,21,24). The average Bonchev–Trinajstić information content (AvgIpc) is 2.96. The lowest BCUT2D eigenvalue weighted by molar-refractivity contribution is -0.114. The van der Waals surface area contributed by atoms with Gasteiger partial charge in [-0.3, -0.25) is 9.59 Å². The number of hydrogen-bond donors (Lipinski definition) is 2. The van der Waals surface area contributed by atoms with Gasteiger partial charge in [-0.25, -0.2) is 0 Å². The summed E-state index contributed by atoms with van der Waals surface area (Å²) in [5.41, 5.74) is 2.63. The first-order valence-corrected chi connectivity index (χ1v) is 7.80. The van der Waals surface area contributed by atoms with Crippen molar-refractivity contribution in [3.63, 3.8) is 0 Å². The fraction of sp³-hybridized carbons (Fsp3) is 0.158. The Bertz CT molecular complexity index is 960. The third-order valence-electron chi connectivity index (χ3n) is 3.94. The number of amides is 2. The fourth-order valence-electron chi connectivity index (χ4n) is 2.78. The van der Waals surface area contributed by atoms with Crippen molar-refractivity contribution in [3.8, 4) is 5.75 Å². The third-order valence-corrected chi connectivity index (χ3v) is 3.94. The number of aromatic nitrogens is 1. The lowest BCUT2D eigenvalue weighted by Crippen LogP contribution is -2.14. The van der Waals surface area contributed by atoms with Crippen molar-refractivity contribution < 1.29 is 14.3 Å². The monoisotopic (exact) mass is 337 g/mol. The number of benzene rings is 2. The van der Waals surface area contributed by atoms with E-state index in [0.717, 1.165) is 10.9 Å². The van der Waals surface area contributed by atoms with E-state index in [2.05, 4.69) is 10.6 Å². The molecule has 3 aromatic rings. The lowest BCUT2D eigenvalue weighted by atomic mass is 10.1. The summed E-state index contributed by atoms with van der Waals surface area (Å²) < 4.78 is 7.26. The van der Waals surface area contributed by atoms with E-state index in [1.807, 2.05) is 36.0 Å². The van der Waals surface area contributed by atoms with E-state index in [1.165, 1.54) is 14.0 Å². The molecular formula is C19H19N3O3. The van der Waals surface area contributed by atoms with Crippen LogP contribution in [-0.4, -0.2) is 23.5 Å². The number of hydrogen-bond acceptors (Lipinski definition) is 3. The van der Waals surface area contributed by atoms with E-state index >= 15 is 0 Å². The van der Waals surface area contributed by atoms with Crippen molar-refractivity contribution in [1.82, 2.24) is 4.57 Å². The van der Waals surface area contributed by atoms with Crippen LogP contribution in [0.1, 0.15) is 17.3 Å². The molecule has 0 saturated heterocycles. The molecule has 0 bridgehead atoms. The summed E-state index contributed by atoms with van der Waals surface area (Å²) in [7, 11) is 3.46. The number of carbonyl (C=O) groups is 2. The molecule has 0 aliphatic heterocycles. The van der Waals surface area contributed by atoms with E-state index in [0.29, 0.717) is 22.7 Å². The maximum Gasteiger partial charge on any atom is 0.256 e. The summed E-state index contributed by atoms with van der Waals surface area (Å²) in [6.45, 7) is 1.43. The molecule has 0 saturated carbocycles. The van der Waals surface area contributed by atoms with Gasteiger partial charge in [-0.2, -0.15) is 0 Å². The molecule has 1 aromatic heterocycles. The van der Waals surface area contributed by atoms with Crippen molar-refractivity contribution in [2.45, 2.75) is 6.92 Å². The van der Waals surface area contributed by atoms with E-state index in [4.69, 9.17) is 4.74 Å². The number of anilines is 2. The Labute approximate surface area is 145 Å². The molecule has 2 amide bonds. The quantitative estimate of drug-likeness (QED) is 0.766. The SMILES string of the molecule is COc1ccc(NC(C)=O)cc1NC(=O)c1cccc2c1ccn2C. The minimum absolute atomic E-state index is 0.184. The Morgan fingerprint density at radius 2 is 1.88 bits per heavy atom. The van der Waals surface area contributed by atoms with Gasteiger partial charge in [0.15, 0.2) is 0 Å². The maximum absolute atomic E-state index is 12.8. The van der Waals surface area contributed by atoms with Gasteiger partial charge in [0.05, 0.1) is 12.8 Å². The Morgan fingerprint density at radius 3 is 2.60 bits per heavy atom. The highest BCUT2D eigenvalue weighted by molar-refractivity contribution is 6.13. The predicted octanol–water partition coefficient (Wildman–Crippen LogP) is 3.40. The molecule has 2 aromatic carbocycles. The van der Waals surface area contributed by atoms with Crippen LogP contribution in [0.25, 0.3) is 10.9 Å². The summed E-state index contributed by atoms with van der Waals surface area (Å²) in [5, 5.41) is 6.44. The van der Waals surface area contributed by atoms with Gasteiger partial charge in [0.1, 0.15) is 5.75 Å². The van der Waals surface area contributed by atoms with Crippen LogP contribution in [0.15, 0.2) is 48.7 Å². The lowest BCUT2D eigenvalue weighted by Gasteiger charge is -2.13. The van der Waals surface area contributed by atoms with Gasteiger partial charge in [-0.15, -0.1) is 0 Å². The maximum atomic E-state index is 12.8. The van der Waals surface area contributed by atoms with E-state index < -0.39 is 0 Å². The zero-order chi connectivity index (χ0) is 18.0. The molecule has 25 heavy (non-hydrogen) atoms. The van der Waals surface area contributed by atoms with Gasteiger partial charge in [0.25, 0.3) is 5.91 Å². The molecule has 1 heterocycles. The van der Waals surface area contributed by atoms with E-state index in [-0.39, 0.29) is 11.8 Å². The molecule has 6 nitrogen and oxygen atoms in total. The van der Waals surface area contributed by atoms with Crippen molar-refractivity contribution in [2.75, 3.05) is 17.7 Å². The number of methoxy groups -OCH3 is 1. The summed E-state index contributed by atoms with van der Waals surface area (Å²) in [6, 6.07) is 12.6. The van der Waals surface area contributed by atoms with Crippen LogP contribution in [0, 0.1) is 0 Å². The number of carbonyl (C=O) groups excluding carboxylic acids is 2. The number of fused-ring (bicyclic) bond motifs is 1. The minimum atomic E-state index is -0.241. The Hall–Kier alpha value is -3.28. The van der Waals surface area contributed by atoms with Crippen molar-refractivity contribution in [1.29, 1.82) is 0 Å². The smallest absolute Gasteiger partial charge is 0.256 e. The van der Waals surface area contributed by atoms with Gasteiger partial charge in [0.2, 0.25) is 5.91 Å². The number of aryl methyl sites for hydroxylation is 1. The zero-order valence-corrected chi connectivity index (χ0v) is 14.3. The highest BCUT2D eigenvalue weighted by Crippen LogP contribution is 2.29. The first-order valence-electron chi connectivity index (χ1n) is 7.80. The number of nitrogens with zero attached hydrogens (tertiary/aromatic N) is 1. The molecule has 2 N–H and O–H groups in total. The summed E-state index contributed by atoms with van der Waals surface area (Å²) in [4.78, 5) is 24.0. The molecular weight excluding hydrogens is 318 g/mol. The zero-order valence-electron chi connectivity index (χ0n) is 14.3. The molecule has 3 rings (SSSR count). The van der Waals surface area contributed by atoms with Crippen LogP contribution in [0.3, 0.4) is 0 Å². The van der Waals surface area contributed by atoms with Crippen LogP contribution in [0.4, 0.5) is 11.4 Å². The number of nitrogens with one attached hydrogen (secondary N) is 2. The summed E-state index contributed by atoms with van der Waals surface area (Å²) in [6.07, 6.45) is 1.92. The first kappa shape index (κ1) is 16.6.